The third-order valence-corrected chi connectivity index (χ3v) is 7.32. The highest BCUT2D eigenvalue weighted by Crippen LogP contribution is 2.14. The van der Waals surface area contributed by atoms with Gasteiger partial charge in [0.2, 0.25) is 5.91 Å². The number of hydrogen-bond donors (Lipinski definition) is 5. The maximum Gasteiger partial charge on any atom is 0.326 e. The lowest BCUT2D eigenvalue weighted by Gasteiger charge is -2.22. The first-order valence-electron chi connectivity index (χ1n) is 16.7. The second kappa shape index (κ2) is 29.7. The van der Waals surface area contributed by atoms with E-state index in [4.69, 9.17) is 25.7 Å². The normalized spacial score (nSPS) is 13.4. The minimum Gasteiger partial charge on any atom is -0.480 e. The smallest absolute Gasteiger partial charge is 0.326 e. The Morgan fingerprint density at radius 2 is 1.25 bits per heavy atom. The number of carboxylic acids is 1. The topological polar surface area (TPSA) is 200 Å². The molecular formula is C32H61N3O9. The molecule has 12 heteroatoms. The van der Waals surface area contributed by atoms with Gasteiger partial charge in [-0.3, -0.25) is 14.4 Å². The van der Waals surface area contributed by atoms with E-state index in [0.29, 0.717) is 13.0 Å². The van der Waals surface area contributed by atoms with Gasteiger partial charge in [0, 0.05) is 25.9 Å². The number of carboxylic acid groups (broad SMARTS) is 1. The standard InChI is InChI=1S/C32H61N3O9/c1-2-3-4-5-6-7-8-9-10-11-12-13-14-15-16-29(38)35-26(32(40)41)17-18-27(37)31(44-24-23-42-21-19-33)30(39)28(25-36)43-22-20-34/h26,28,31,36H,2-25,33-34H2,1H3,(H,35,38)(H,40,41)/t26-,28+,31+/m0/s1. The van der Waals surface area contributed by atoms with E-state index in [-0.39, 0.29) is 58.1 Å². The molecule has 0 rings (SSSR count). The summed E-state index contributed by atoms with van der Waals surface area (Å²) < 4.78 is 15.9. The number of aliphatic hydroxyl groups excluding tert-OH is 1. The highest BCUT2D eigenvalue weighted by Gasteiger charge is 2.34. The van der Waals surface area contributed by atoms with Crippen LogP contribution in [0.4, 0.5) is 0 Å². The lowest BCUT2D eigenvalue weighted by atomic mass is 10.00. The zero-order valence-corrected chi connectivity index (χ0v) is 27.1. The van der Waals surface area contributed by atoms with Crippen LogP contribution in [0.3, 0.4) is 0 Å². The maximum absolute atomic E-state index is 13.0. The number of rotatable bonds is 33. The van der Waals surface area contributed by atoms with Gasteiger partial charge in [-0.1, -0.05) is 90.4 Å². The number of unbranched alkanes of at least 4 members (excludes halogenated alkanes) is 13. The van der Waals surface area contributed by atoms with Gasteiger partial charge in [0.1, 0.15) is 12.1 Å². The predicted octanol–water partition coefficient (Wildman–Crippen LogP) is 3.04. The van der Waals surface area contributed by atoms with Gasteiger partial charge < -0.3 is 41.2 Å². The van der Waals surface area contributed by atoms with E-state index < -0.39 is 42.4 Å². The SMILES string of the molecule is CCCCCCCCCCCCCCCCC(=O)N[C@@H](CCC(=O)[C@@H](OCCOCCN)C(=O)[C@@H](CO)OCCN)C(=O)O. The van der Waals surface area contributed by atoms with Crippen molar-refractivity contribution in [3.05, 3.63) is 0 Å². The largest absolute Gasteiger partial charge is 0.480 e. The average molecular weight is 632 g/mol. The first kappa shape index (κ1) is 42.0. The number of aliphatic hydroxyl groups is 1. The van der Waals surface area contributed by atoms with Gasteiger partial charge in [0.25, 0.3) is 0 Å². The lowest BCUT2D eigenvalue weighted by Crippen LogP contribution is -2.45. The van der Waals surface area contributed by atoms with Crippen LogP contribution in [0.2, 0.25) is 0 Å². The van der Waals surface area contributed by atoms with Crippen molar-refractivity contribution in [3.63, 3.8) is 0 Å². The Morgan fingerprint density at radius 3 is 1.75 bits per heavy atom. The molecule has 12 nitrogen and oxygen atoms in total. The zero-order chi connectivity index (χ0) is 32.8. The molecule has 0 saturated carbocycles. The molecule has 7 N–H and O–H groups in total. The Bertz CT molecular complexity index is 754. The molecule has 0 radical (unpaired) electrons. The minimum absolute atomic E-state index is 0.0100. The second-order valence-electron chi connectivity index (χ2n) is 11.2. The maximum atomic E-state index is 13.0. The highest BCUT2D eigenvalue weighted by molar-refractivity contribution is 6.07. The fourth-order valence-electron chi connectivity index (χ4n) is 4.77. The molecule has 0 heterocycles. The van der Waals surface area contributed by atoms with E-state index in [1.54, 1.807) is 0 Å². The molecule has 0 aliphatic carbocycles. The molecule has 0 fully saturated rings. The van der Waals surface area contributed by atoms with Crippen LogP contribution in [0.5, 0.6) is 0 Å². The summed E-state index contributed by atoms with van der Waals surface area (Å²) in [6.45, 7) is 2.20. The van der Waals surface area contributed by atoms with E-state index in [1.165, 1.54) is 64.2 Å². The van der Waals surface area contributed by atoms with Crippen LogP contribution in [0.25, 0.3) is 0 Å². The van der Waals surface area contributed by atoms with Crippen LogP contribution in [-0.2, 0) is 33.4 Å². The van der Waals surface area contributed by atoms with Crippen LogP contribution in [-0.4, -0.2) is 98.0 Å². The predicted molar refractivity (Wildman–Crippen MR) is 169 cm³/mol. The van der Waals surface area contributed by atoms with E-state index in [9.17, 15) is 29.4 Å². The van der Waals surface area contributed by atoms with Crippen molar-refractivity contribution >= 4 is 23.4 Å². The Hall–Kier alpha value is -1.96. The van der Waals surface area contributed by atoms with E-state index in [2.05, 4.69) is 12.2 Å². The van der Waals surface area contributed by atoms with Crippen LogP contribution < -0.4 is 16.8 Å². The monoisotopic (exact) mass is 631 g/mol. The molecule has 3 atom stereocenters. The summed E-state index contributed by atoms with van der Waals surface area (Å²) in [5, 5.41) is 21.7. The molecule has 0 aliphatic heterocycles. The minimum atomic E-state index is -1.59. The number of aliphatic carboxylic acids is 1. The Balaban J connectivity index is 4.50. The first-order valence-corrected chi connectivity index (χ1v) is 16.7. The van der Waals surface area contributed by atoms with Crippen molar-refractivity contribution in [1.82, 2.24) is 5.32 Å². The fourth-order valence-corrected chi connectivity index (χ4v) is 4.77. The van der Waals surface area contributed by atoms with Gasteiger partial charge in [-0.15, -0.1) is 0 Å². The Morgan fingerprint density at radius 1 is 0.705 bits per heavy atom. The molecule has 0 aromatic carbocycles. The summed E-state index contributed by atoms with van der Waals surface area (Å²) in [5.41, 5.74) is 10.8. The molecule has 258 valence electrons. The molecule has 44 heavy (non-hydrogen) atoms. The van der Waals surface area contributed by atoms with Gasteiger partial charge in [0.05, 0.1) is 33.0 Å². The van der Waals surface area contributed by atoms with Crippen LogP contribution in [0.15, 0.2) is 0 Å². The molecule has 0 aromatic heterocycles. The molecule has 0 saturated heterocycles. The molecule has 0 aliphatic rings. The van der Waals surface area contributed by atoms with Crippen molar-refractivity contribution in [1.29, 1.82) is 0 Å². The summed E-state index contributed by atoms with van der Waals surface area (Å²) >= 11 is 0. The number of carbonyl (C=O) groups is 4. The average Bonchev–Trinajstić information content (AvgIpc) is 3.01. The summed E-state index contributed by atoms with van der Waals surface area (Å²) in [5.74, 6) is -3.14. The van der Waals surface area contributed by atoms with Gasteiger partial charge >= 0.3 is 5.97 Å². The number of nitrogens with one attached hydrogen (secondary N) is 1. The molecule has 1 amide bonds. The fraction of sp³-hybridized carbons (Fsp3) is 0.875. The molecule has 0 unspecified atom stereocenters. The number of carbonyl (C=O) groups excluding carboxylic acids is 3. The van der Waals surface area contributed by atoms with E-state index in [0.717, 1.165) is 19.3 Å². The highest BCUT2D eigenvalue weighted by atomic mass is 16.5. The zero-order valence-electron chi connectivity index (χ0n) is 27.1. The molecule has 0 spiro atoms. The molecule has 0 aromatic rings. The van der Waals surface area contributed by atoms with Gasteiger partial charge in [-0.2, -0.15) is 0 Å². The van der Waals surface area contributed by atoms with Crippen LogP contribution in [0, 0.1) is 0 Å². The van der Waals surface area contributed by atoms with E-state index >= 15 is 0 Å². The summed E-state index contributed by atoms with van der Waals surface area (Å²) in [6.07, 6.45) is 13.5. The number of amides is 1. The molecular weight excluding hydrogens is 570 g/mol. The first-order chi connectivity index (χ1) is 21.3. The van der Waals surface area contributed by atoms with Crippen molar-refractivity contribution in [2.24, 2.45) is 11.5 Å². The van der Waals surface area contributed by atoms with Crippen molar-refractivity contribution < 1.29 is 43.6 Å². The van der Waals surface area contributed by atoms with Crippen LogP contribution >= 0.6 is 0 Å². The lowest BCUT2D eigenvalue weighted by molar-refractivity contribution is -0.153. The summed E-state index contributed by atoms with van der Waals surface area (Å²) in [4.78, 5) is 50.0. The number of ether oxygens (including phenoxy) is 3. The van der Waals surface area contributed by atoms with E-state index in [1.807, 2.05) is 0 Å². The second-order valence-corrected chi connectivity index (χ2v) is 11.2. The number of nitrogens with two attached hydrogens (primary N) is 2. The van der Waals surface area contributed by atoms with Crippen molar-refractivity contribution in [2.75, 3.05) is 46.1 Å². The van der Waals surface area contributed by atoms with Gasteiger partial charge in [-0.05, 0) is 12.8 Å². The van der Waals surface area contributed by atoms with Gasteiger partial charge in [-0.25, -0.2) is 4.79 Å². The number of hydrogen-bond acceptors (Lipinski definition) is 10. The summed E-state index contributed by atoms with van der Waals surface area (Å²) in [7, 11) is 0. The Kier molecular flexibility index (Phi) is 28.4. The summed E-state index contributed by atoms with van der Waals surface area (Å²) in [6, 6.07) is -1.29. The van der Waals surface area contributed by atoms with Crippen molar-refractivity contribution in [2.45, 2.75) is 134 Å². The third kappa shape index (κ3) is 22.5. The number of ketones is 2. The quantitative estimate of drug-likeness (QED) is 0.0526. The third-order valence-electron chi connectivity index (χ3n) is 7.32. The Labute approximate surface area is 264 Å². The van der Waals surface area contributed by atoms with Crippen LogP contribution in [0.1, 0.15) is 116 Å². The van der Waals surface area contributed by atoms with Crippen molar-refractivity contribution in [3.8, 4) is 0 Å². The molecule has 0 bridgehead atoms. The number of Topliss-reactive ketones (excluding diaryl/α,β-unsaturated/α-hetero) is 2. The van der Waals surface area contributed by atoms with Gasteiger partial charge in [0.15, 0.2) is 17.7 Å².